The molecular weight excluding hydrogens is 249 g/mol. The summed E-state index contributed by atoms with van der Waals surface area (Å²) in [6.45, 7) is 1.82. The number of rotatable bonds is 3. The predicted octanol–water partition coefficient (Wildman–Crippen LogP) is 4.36. The maximum absolute atomic E-state index is 14.5. The first-order valence-corrected chi connectivity index (χ1v) is 7.35. The van der Waals surface area contributed by atoms with Crippen LogP contribution in [0.25, 0.3) is 11.1 Å². The van der Waals surface area contributed by atoms with Gasteiger partial charge < -0.3 is 5.32 Å². The highest BCUT2D eigenvalue weighted by Gasteiger charge is 2.24. The fraction of sp³-hybridized carbons (Fsp3) is 0.333. The van der Waals surface area contributed by atoms with Crippen molar-refractivity contribution in [2.45, 2.75) is 19.0 Å². The molecule has 2 unspecified atom stereocenters. The molecule has 0 bridgehead atoms. The smallest absolute Gasteiger partial charge is 0.129 e. The van der Waals surface area contributed by atoms with E-state index in [9.17, 15) is 4.39 Å². The average molecular weight is 269 g/mol. The number of benzene rings is 2. The van der Waals surface area contributed by atoms with Crippen molar-refractivity contribution in [3.05, 3.63) is 60.2 Å². The van der Waals surface area contributed by atoms with E-state index in [2.05, 4.69) is 17.4 Å². The third kappa shape index (κ3) is 2.91. The quantitative estimate of drug-likeness (QED) is 0.872. The molecule has 1 aliphatic heterocycles. The van der Waals surface area contributed by atoms with Gasteiger partial charge in [-0.2, -0.15) is 0 Å². The summed E-state index contributed by atoms with van der Waals surface area (Å²) in [6.07, 6.45) is 1.20. The Morgan fingerprint density at radius 1 is 0.950 bits per heavy atom. The maximum Gasteiger partial charge on any atom is 0.129 e. The predicted molar refractivity (Wildman–Crippen MR) is 81.3 cm³/mol. The van der Waals surface area contributed by atoms with Crippen LogP contribution in [0.4, 0.5) is 4.39 Å². The van der Waals surface area contributed by atoms with Crippen molar-refractivity contribution in [3.63, 3.8) is 0 Å². The molecular formula is C18H20FN. The molecule has 1 aliphatic rings. The summed E-state index contributed by atoms with van der Waals surface area (Å²) < 4.78 is 14.5. The molecule has 20 heavy (non-hydrogen) atoms. The SMILES string of the molecule is FC(c1ccc(-c2ccccc2)cc1)C1CCCNC1. The molecule has 0 aliphatic carbocycles. The molecule has 1 heterocycles. The molecule has 2 aromatic carbocycles. The van der Waals surface area contributed by atoms with Crippen LogP contribution in [0.3, 0.4) is 0 Å². The Bertz CT molecular complexity index is 529. The van der Waals surface area contributed by atoms with Crippen LogP contribution < -0.4 is 5.32 Å². The van der Waals surface area contributed by atoms with Gasteiger partial charge in [0, 0.05) is 12.5 Å². The monoisotopic (exact) mass is 269 g/mol. The van der Waals surface area contributed by atoms with Crippen LogP contribution >= 0.6 is 0 Å². The van der Waals surface area contributed by atoms with Crippen LogP contribution in [0.2, 0.25) is 0 Å². The molecule has 1 N–H and O–H groups in total. The molecule has 2 atom stereocenters. The van der Waals surface area contributed by atoms with Crippen molar-refractivity contribution in [1.29, 1.82) is 0 Å². The molecule has 1 fully saturated rings. The highest BCUT2D eigenvalue weighted by molar-refractivity contribution is 5.63. The fourth-order valence-corrected chi connectivity index (χ4v) is 2.89. The van der Waals surface area contributed by atoms with Crippen molar-refractivity contribution in [2.75, 3.05) is 13.1 Å². The fourth-order valence-electron chi connectivity index (χ4n) is 2.89. The Morgan fingerprint density at radius 3 is 2.30 bits per heavy atom. The number of nitrogens with one attached hydrogen (secondary N) is 1. The van der Waals surface area contributed by atoms with Crippen LogP contribution in [-0.2, 0) is 0 Å². The van der Waals surface area contributed by atoms with E-state index in [-0.39, 0.29) is 5.92 Å². The highest BCUT2D eigenvalue weighted by atomic mass is 19.1. The molecule has 1 saturated heterocycles. The summed E-state index contributed by atoms with van der Waals surface area (Å²) in [5.41, 5.74) is 3.12. The van der Waals surface area contributed by atoms with Crippen LogP contribution in [0, 0.1) is 5.92 Å². The zero-order chi connectivity index (χ0) is 13.8. The minimum Gasteiger partial charge on any atom is -0.316 e. The van der Waals surface area contributed by atoms with Gasteiger partial charge in [-0.25, -0.2) is 4.39 Å². The molecule has 0 amide bonds. The average Bonchev–Trinajstić information content (AvgIpc) is 2.56. The second-order valence-corrected chi connectivity index (χ2v) is 5.50. The summed E-state index contributed by atoms with van der Waals surface area (Å²) in [5, 5.41) is 3.28. The van der Waals surface area contributed by atoms with E-state index < -0.39 is 6.17 Å². The standard InChI is InChI=1S/C18H20FN/c19-18(17-7-4-12-20-13-17)16-10-8-15(9-11-16)14-5-2-1-3-6-14/h1-3,5-6,8-11,17-18,20H,4,7,12-13H2. The van der Waals surface area contributed by atoms with Gasteiger partial charge in [-0.15, -0.1) is 0 Å². The van der Waals surface area contributed by atoms with Crippen molar-refractivity contribution in [1.82, 2.24) is 5.32 Å². The third-order valence-corrected chi connectivity index (χ3v) is 4.09. The largest absolute Gasteiger partial charge is 0.316 e. The van der Waals surface area contributed by atoms with Crippen LogP contribution in [0.1, 0.15) is 24.6 Å². The van der Waals surface area contributed by atoms with Gasteiger partial charge in [-0.3, -0.25) is 0 Å². The van der Waals surface area contributed by atoms with Gasteiger partial charge in [0.25, 0.3) is 0 Å². The summed E-state index contributed by atoms with van der Waals surface area (Å²) in [7, 11) is 0. The number of hydrogen-bond donors (Lipinski definition) is 1. The molecule has 1 nitrogen and oxygen atoms in total. The first kappa shape index (κ1) is 13.3. The lowest BCUT2D eigenvalue weighted by Crippen LogP contribution is -2.32. The minimum atomic E-state index is -0.854. The van der Waals surface area contributed by atoms with Gasteiger partial charge in [0.1, 0.15) is 6.17 Å². The van der Waals surface area contributed by atoms with Gasteiger partial charge in [-0.05, 0) is 36.1 Å². The second kappa shape index (κ2) is 6.19. The van der Waals surface area contributed by atoms with Crippen molar-refractivity contribution in [3.8, 4) is 11.1 Å². The third-order valence-electron chi connectivity index (χ3n) is 4.09. The molecule has 0 saturated carbocycles. The first-order chi connectivity index (χ1) is 9.84. The molecule has 0 spiro atoms. The normalized spacial score (nSPS) is 20.6. The zero-order valence-corrected chi connectivity index (χ0v) is 11.6. The van der Waals surface area contributed by atoms with E-state index in [0.29, 0.717) is 0 Å². The van der Waals surface area contributed by atoms with E-state index in [1.807, 2.05) is 42.5 Å². The van der Waals surface area contributed by atoms with Crippen LogP contribution in [0.5, 0.6) is 0 Å². The van der Waals surface area contributed by atoms with E-state index in [1.54, 1.807) is 0 Å². The molecule has 2 heteroatoms. The Hall–Kier alpha value is -1.67. The van der Waals surface area contributed by atoms with Gasteiger partial charge in [0.2, 0.25) is 0 Å². The van der Waals surface area contributed by atoms with Crippen molar-refractivity contribution < 1.29 is 4.39 Å². The topological polar surface area (TPSA) is 12.0 Å². The highest BCUT2D eigenvalue weighted by Crippen LogP contribution is 2.32. The zero-order valence-electron chi connectivity index (χ0n) is 11.6. The maximum atomic E-state index is 14.5. The number of piperidine rings is 1. The van der Waals surface area contributed by atoms with E-state index in [0.717, 1.165) is 37.1 Å². The molecule has 0 aromatic heterocycles. The first-order valence-electron chi connectivity index (χ1n) is 7.35. The minimum absolute atomic E-state index is 0.117. The molecule has 3 rings (SSSR count). The molecule has 0 radical (unpaired) electrons. The van der Waals surface area contributed by atoms with E-state index in [4.69, 9.17) is 0 Å². The summed E-state index contributed by atoms with van der Waals surface area (Å²) in [5.74, 6) is 0.117. The van der Waals surface area contributed by atoms with Crippen LogP contribution in [-0.4, -0.2) is 13.1 Å². The van der Waals surface area contributed by atoms with Crippen molar-refractivity contribution in [2.24, 2.45) is 5.92 Å². The summed E-state index contributed by atoms with van der Waals surface area (Å²) >= 11 is 0. The Morgan fingerprint density at radius 2 is 1.65 bits per heavy atom. The van der Waals surface area contributed by atoms with Gasteiger partial charge in [-0.1, -0.05) is 54.6 Å². The van der Waals surface area contributed by atoms with Gasteiger partial charge in [0.15, 0.2) is 0 Å². The Balaban J connectivity index is 1.75. The molecule has 2 aromatic rings. The number of halogens is 1. The van der Waals surface area contributed by atoms with Gasteiger partial charge >= 0.3 is 0 Å². The molecule has 104 valence electrons. The number of hydrogen-bond acceptors (Lipinski definition) is 1. The van der Waals surface area contributed by atoms with Gasteiger partial charge in [0.05, 0.1) is 0 Å². The number of alkyl halides is 1. The Labute approximate surface area is 119 Å². The lowest BCUT2D eigenvalue weighted by atomic mass is 9.90. The second-order valence-electron chi connectivity index (χ2n) is 5.50. The van der Waals surface area contributed by atoms with Crippen molar-refractivity contribution >= 4 is 0 Å². The lowest BCUT2D eigenvalue weighted by molar-refractivity contribution is 0.194. The Kier molecular flexibility index (Phi) is 4.12. The lowest BCUT2D eigenvalue weighted by Gasteiger charge is -2.26. The summed E-state index contributed by atoms with van der Waals surface area (Å²) in [6, 6.07) is 18.1. The van der Waals surface area contributed by atoms with E-state index >= 15 is 0 Å². The summed E-state index contributed by atoms with van der Waals surface area (Å²) in [4.78, 5) is 0. The van der Waals surface area contributed by atoms with E-state index in [1.165, 1.54) is 5.56 Å². The van der Waals surface area contributed by atoms with Crippen LogP contribution in [0.15, 0.2) is 54.6 Å².